The van der Waals surface area contributed by atoms with Crippen LogP contribution in [0.2, 0.25) is 0 Å². The van der Waals surface area contributed by atoms with Crippen LogP contribution in [0, 0.1) is 11.8 Å². The Morgan fingerprint density at radius 2 is 1.95 bits per heavy atom. The molecule has 1 saturated carbocycles. The van der Waals surface area contributed by atoms with Crippen LogP contribution < -0.4 is 5.32 Å². The van der Waals surface area contributed by atoms with Crippen LogP contribution in [0.15, 0.2) is 0 Å². The lowest BCUT2D eigenvalue weighted by Crippen LogP contribution is -2.46. The maximum atomic E-state index is 11.9. The van der Waals surface area contributed by atoms with Crippen LogP contribution in [0.5, 0.6) is 0 Å². The van der Waals surface area contributed by atoms with E-state index >= 15 is 0 Å². The highest BCUT2D eigenvalue weighted by atomic mass is 32.2. The smallest absolute Gasteiger partial charge is 0.316 e. The van der Waals surface area contributed by atoms with E-state index in [2.05, 4.69) is 26.1 Å². The molecule has 3 nitrogen and oxygen atoms in total. The molecule has 4 atom stereocenters. The average molecular weight is 301 g/mol. The molecule has 4 unspecified atom stereocenters. The fourth-order valence-electron chi connectivity index (χ4n) is 3.11. The summed E-state index contributed by atoms with van der Waals surface area (Å²) in [5, 5.41) is 4.11. The van der Waals surface area contributed by atoms with Gasteiger partial charge in [0.1, 0.15) is 5.60 Å². The molecule has 0 saturated heterocycles. The van der Waals surface area contributed by atoms with E-state index in [-0.39, 0.29) is 11.6 Å². The van der Waals surface area contributed by atoms with Crippen molar-refractivity contribution in [2.75, 3.05) is 12.3 Å². The van der Waals surface area contributed by atoms with Crippen molar-refractivity contribution in [1.82, 2.24) is 5.32 Å². The Morgan fingerprint density at radius 1 is 1.30 bits per heavy atom. The Hall–Kier alpha value is -0.220. The number of carbonyl (C=O) groups is 1. The van der Waals surface area contributed by atoms with Gasteiger partial charge in [-0.15, -0.1) is 11.8 Å². The number of rotatable bonds is 5. The summed E-state index contributed by atoms with van der Waals surface area (Å²) in [5.41, 5.74) is -0.384. The van der Waals surface area contributed by atoms with Gasteiger partial charge in [-0.1, -0.05) is 20.8 Å². The Morgan fingerprint density at radius 3 is 2.50 bits per heavy atom. The molecular formula is C16H31NO2S. The van der Waals surface area contributed by atoms with Gasteiger partial charge in [-0.2, -0.15) is 0 Å². The number of thioether (sulfide) groups is 1. The molecule has 118 valence electrons. The largest absolute Gasteiger partial charge is 0.459 e. The predicted molar refractivity (Wildman–Crippen MR) is 87.1 cm³/mol. The Bertz CT molecular complexity index is 314. The molecule has 20 heavy (non-hydrogen) atoms. The highest BCUT2D eigenvalue weighted by Gasteiger charge is 2.34. The lowest BCUT2D eigenvalue weighted by atomic mass is 9.80. The van der Waals surface area contributed by atoms with Gasteiger partial charge in [-0.3, -0.25) is 4.79 Å². The van der Waals surface area contributed by atoms with E-state index in [0.717, 1.165) is 12.5 Å². The molecule has 1 aliphatic rings. The molecule has 0 aromatic heterocycles. The number of hydrogen-bond acceptors (Lipinski definition) is 4. The fourth-order valence-corrected chi connectivity index (χ4v) is 4.37. The van der Waals surface area contributed by atoms with Crippen molar-refractivity contribution in [2.45, 2.75) is 71.3 Å². The maximum Gasteiger partial charge on any atom is 0.316 e. The van der Waals surface area contributed by atoms with Crippen molar-refractivity contribution in [2.24, 2.45) is 11.8 Å². The molecule has 0 amide bonds. The van der Waals surface area contributed by atoms with Crippen molar-refractivity contribution in [3.05, 3.63) is 0 Å². The second-order valence-corrected chi connectivity index (χ2v) is 8.25. The summed E-state index contributed by atoms with van der Waals surface area (Å²) in [6.07, 6.45) is 2.47. The van der Waals surface area contributed by atoms with E-state index in [0.29, 0.717) is 23.0 Å². The van der Waals surface area contributed by atoms with E-state index in [1.54, 1.807) is 11.8 Å². The van der Waals surface area contributed by atoms with Gasteiger partial charge in [-0.05, 0) is 52.0 Å². The van der Waals surface area contributed by atoms with Gasteiger partial charge in [0.25, 0.3) is 0 Å². The molecule has 0 aliphatic heterocycles. The van der Waals surface area contributed by atoms with Gasteiger partial charge >= 0.3 is 5.97 Å². The highest BCUT2D eigenvalue weighted by molar-refractivity contribution is 8.00. The lowest BCUT2D eigenvalue weighted by Gasteiger charge is -2.39. The number of nitrogens with one attached hydrogen (secondary N) is 1. The van der Waals surface area contributed by atoms with Crippen molar-refractivity contribution in [1.29, 1.82) is 0 Å². The SMILES string of the molecule is CCNC1CC(C)CC(C)C1SCC(=O)OC(C)(C)C. The van der Waals surface area contributed by atoms with Crippen LogP contribution in [0.1, 0.15) is 54.4 Å². The fraction of sp³-hybridized carbons (Fsp3) is 0.938. The maximum absolute atomic E-state index is 11.9. The third-order valence-corrected chi connectivity index (χ3v) is 5.25. The zero-order chi connectivity index (χ0) is 15.3. The molecule has 0 bridgehead atoms. The van der Waals surface area contributed by atoms with Crippen molar-refractivity contribution >= 4 is 17.7 Å². The van der Waals surface area contributed by atoms with Crippen molar-refractivity contribution in [3.8, 4) is 0 Å². The van der Waals surface area contributed by atoms with Crippen molar-refractivity contribution < 1.29 is 9.53 Å². The van der Waals surface area contributed by atoms with E-state index in [1.807, 2.05) is 20.8 Å². The predicted octanol–water partition coefficient (Wildman–Crippen LogP) is 3.47. The lowest BCUT2D eigenvalue weighted by molar-refractivity contribution is -0.151. The quantitative estimate of drug-likeness (QED) is 0.789. The summed E-state index contributed by atoms with van der Waals surface area (Å²) in [6, 6.07) is 0.520. The zero-order valence-corrected chi connectivity index (χ0v) is 14.7. The van der Waals surface area contributed by atoms with Gasteiger partial charge in [0.15, 0.2) is 0 Å². The molecule has 1 aliphatic carbocycles. The van der Waals surface area contributed by atoms with Crippen LogP contribution in [-0.4, -0.2) is 35.2 Å². The molecule has 0 heterocycles. The Labute approximate surface area is 128 Å². The summed E-state index contributed by atoms with van der Waals surface area (Å²) in [7, 11) is 0. The first-order chi connectivity index (χ1) is 9.23. The number of carbonyl (C=O) groups excluding carboxylic acids is 1. The van der Waals surface area contributed by atoms with E-state index in [1.165, 1.54) is 12.8 Å². The van der Waals surface area contributed by atoms with Crippen LogP contribution >= 0.6 is 11.8 Å². The van der Waals surface area contributed by atoms with Gasteiger partial charge in [-0.25, -0.2) is 0 Å². The number of ether oxygens (including phenoxy) is 1. The molecule has 4 heteroatoms. The van der Waals surface area contributed by atoms with E-state index in [9.17, 15) is 4.79 Å². The van der Waals surface area contributed by atoms with E-state index in [4.69, 9.17) is 4.74 Å². The first kappa shape index (κ1) is 17.8. The third kappa shape index (κ3) is 6.04. The summed E-state index contributed by atoms with van der Waals surface area (Å²) in [4.78, 5) is 11.9. The first-order valence-electron chi connectivity index (χ1n) is 7.79. The minimum Gasteiger partial charge on any atom is -0.459 e. The molecule has 1 N–H and O–H groups in total. The molecule has 0 spiro atoms. The summed E-state index contributed by atoms with van der Waals surface area (Å²) in [5.74, 6) is 1.79. The third-order valence-electron chi connectivity index (χ3n) is 3.67. The highest BCUT2D eigenvalue weighted by Crippen LogP contribution is 2.36. The normalized spacial score (nSPS) is 31.1. The summed E-state index contributed by atoms with van der Waals surface area (Å²) >= 11 is 1.77. The second kappa shape index (κ2) is 7.69. The van der Waals surface area contributed by atoms with Crippen LogP contribution in [0.4, 0.5) is 0 Å². The summed E-state index contributed by atoms with van der Waals surface area (Å²) < 4.78 is 5.40. The molecule has 1 rings (SSSR count). The minimum absolute atomic E-state index is 0.0939. The van der Waals surface area contributed by atoms with Crippen LogP contribution in [0.3, 0.4) is 0 Å². The van der Waals surface area contributed by atoms with Crippen molar-refractivity contribution in [3.63, 3.8) is 0 Å². The Balaban J connectivity index is 2.52. The summed E-state index contributed by atoms with van der Waals surface area (Å²) in [6.45, 7) is 13.5. The van der Waals surface area contributed by atoms with Gasteiger partial charge in [0, 0.05) is 11.3 Å². The topological polar surface area (TPSA) is 38.3 Å². The van der Waals surface area contributed by atoms with Crippen LogP contribution in [-0.2, 0) is 9.53 Å². The Kier molecular flexibility index (Phi) is 6.86. The van der Waals surface area contributed by atoms with Crippen LogP contribution in [0.25, 0.3) is 0 Å². The van der Waals surface area contributed by atoms with Gasteiger partial charge in [0.05, 0.1) is 5.75 Å². The monoisotopic (exact) mass is 301 g/mol. The van der Waals surface area contributed by atoms with Gasteiger partial charge in [0.2, 0.25) is 0 Å². The van der Waals surface area contributed by atoms with Gasteiger partial charge < -0.3 is 10.1 Å². The number of esters is 1. The second-order valence-electron chi connectivity index (χ2n) is 7.08. The minimum atomic E-state index is -0.384. The standard InChI is InChI=1S/C16H31NO2S/c1-7-17-13-9-11(2)8-12(3)15(13)20-10-14(18)19-16(4,5)6/h11-13,15,17H,7-10H2,1-6H3. The van der Waals surface area contributed by atoms with E-state index < -0.39 is 0 Å². The molecule has 0 aromatic carbocycles. The molecular weight excluding hydrogens is 270 g/mol. The average Bonchev–Trinajstić information content (AvgIpc) is 2.25. The number of hydrogen-bond donors (Lipinski definition) is 1. The first-order valence-corrected chi connectivity index (χ1v) is 8.84. The molecule has 1 fully saturated rings. The molecule has 0 radical (unpaired) electrons. The zero-order valence-electron chi connectivity index (χ0n) is 13.9. The molecule has 0 aromatic rings.